The summed E-state index contributed by atoms with van der Waals surface area (Å²) >= 11 is 1.71. The molecular weight excluding hydrogens is 142 g/mol. The van der Waals surface area contributed by atoms with E-state index in [0.29, 0.717) is 12.0 Å². The van der Waals surface area contributed by atoms with E-state index < -0.39 is 0 Å². The third-order valence-corrected chi connectivity index (χ3v) is 2.27. The fourth-order valence-corrected chi connectivity index (χ4v) is 1.49. The van der Waals surface area contributed by atoms with Crippen molar-refractivity contribution < 1.29 is 0 Å². The van der Waals surface area contributed by atoms with Gasteiger partial charge in [0, 0.05) is 0 Å². The topological polar surface area (TPSA) is 12.4 Å². The zero-order chi connectivity index (χ0) is 7.56. The number of hydrogen-bond acceptors (Lipinski definition) is 2. The highest BCUT2D eigenvalue weighted by Gasteiger charge is 2.10. The first-order valence-corrected chi connectivity index (χ1v) is 4.46. The highest BCUT2D eigenvalue weighted by molar-refractivity contribution is 8.16. The quantitative estimate of drug-likeness (QED) is 0.567. The summed E-state index contributed by atoms with van der Waals surface area (Å²) in [5, 5.41) is 3.31. The Bertz CT molecular complexity index is 170. The molecule has 10 heavy (non-hydrogen) atoms. The Morgan fingerprint density at radius 1 is 1.60 bits per heavy atom. The van der Waals surface area contributed by atoms with Crippen molar-refractivity contribution in [2.45, 2.75) is 26.8 Å². The van der Waals surface area contributed by atoms with Gasteiger partial charge in [0.2, 0.25) is 0 Å². The Morgan fingerprint density at radius 3 is 2.70 bits per heavy atom. The average Bonchev–Trinajstić information content (AvgIpc) is 1.88. The van der Waals surface area contributed by atoms with Crippen LogP contribution in [0.3, 0.4) is 0 Å². The maximum absolute atomic E-state index is 4.47. The molecule has 1 rings (SSSR count). The molecule has 0 saturated carbocycles. The van der Waals surface area contributed by atoms with Crippen LogP contribution in [0.2, 0.25) is 0 Å². The molecule has 0 spiro atoms. The number of thioether (sulfide) groups is 1. The minimum atomic E-state index is 0.418. The maximum atomic E-state index is 4.47. The lowest BCUT2D eigenvalue weighted by molar-refractivity contribution is 0.574. The van der Waals surface area contributed by atoms with E-state index >= 15 is 0 Å². The molecule has 0 saturated heterocycles. The zero-order valence-corrected chi connectivity index (χ0v) is 7.48. The van der Waals surface area contributed by atoms with E-state index in [-0.39, 0.29) is 0 Å². The standard InChI is InChI=1S/C8H13NS/c1-6(2)8-4-5-10-7(3)9-8/h4-6,8H,1-3H3. The van der Waals surface area contributed by atoms with Crippen molar-refractivity contribution in [3.63, 3.8) is 0 Å². The molecule has 1 atom stereocenters. The van der Waals surface area contributed by atoms with Crippen molar-refractivity contribution in [1.29, 1.82) is 0 Å². The third kappa shape index (κ3) is 1.87. The predicted octanol–water partition coefficient (Wildman–Crippen LogP) is 2.69. The molecule has 0 N–H and O–H groups in total. The van der Waals surface area contributed by atoms with Gasteiger partial charge in [0.15, 0.2) is 0 Å². The SMILES string of the molecule is CC1=NC(C(C)C)C=CS1. The monoisotopic (exact) mass is 155 g/mol. The second-order valence-corrected chi connectivity index (χ2v) is 3.93. The lowest BCUT2D eigenvalue weighted by atomic mass is 10.1. The van der Waals surface area contributed by atoms with Crippen molar-refractivity contribution in [3.8, 4) is 0 Å². The van der Waals surface area contributed by atoms with Gasteiger partial charge in [-0.05, 0) is 18.2 Å². The van der Waals surface area contributed by atoms with Crippen LogP contribution in [0.25, 0.3) is 0 Å². The fourth-order valence-electron chi connectivity index (χ4n) is 0.873. The van der Waals surface area contributed by atoms with E-state index in [2.05, 4.69) is 37.2 Å². The first-order valence-electron chi connectivity index (χ1n) is 3.58. The second kappa shape index (κ2) is 3.24. The van der Waals surface area contributed by atoms with Gasteiger partial charge in [0.1, 0.15) is 0 Å². The van der Waals surface area contributed by atoms with Crippen molar-refractivity contribution >= 4 is 16.8 Å². The lowest BCUT2D eigenvalue weighted by Gasteiger charge is -2.15. The van der Waals surface area contributed by atoms with Crippen LogP contribution in [-0.4, -0.2) is 11.1 Å². The summed E-state index contributed by atoms with van der Waals surface area (Å²) in [5.74, 6) is 0.632. The first kappa shape index (κ1) is 7.86. The van der Waals surface area contributed by atoms with Crippen molar-refractivity contribution in [2.75, 3.05) is 0 Å². The molecule has 2 heteroatoms. The predicted molar refractivity (Wildman–Crippen MR) is 48.5 cm³/mol. The molecule has 1 heterocycles. The molecule has 1 aliphatic heterocycles. The van der Waals surface area contributed by atoms with Crippen LogP contribution in [0.15, 0.2) is 16.5 Å². The van der Waals surface area contributed by atoms with Gasteiger partial charge >= 0.3 is 0 Å². The number of rotatable bonds is 1. The van der Waals surface area contributed by atoms with Crippen LogP contribution in [0.1, 0.15) is 20.8 Å². The highest BCUT2D eigenvalue weighted by Crippen LogP contribution is 2.19. The third-order valence-electron chi connectivity index (χ3n) is 1.53. The van der Waals surface area contributed by atoms with E-state index in [1.54, 1.807) is 11.8 Å². The molecule has 0 amide bonds. The normalized spacial score (nSPS) is 25.2. The average molecular weight is 155 g/mol. The Morgan fingerprint density at radius 2 is 2.30 bits per heavy atom. The van der Waals surface area contributed by atoms with E-state index in [0.717, 1.165) is 0 Å². The van der Waals surface area contributed by atoms with Crippen LogP contribution < -0.4 is 0 Å². The summed E-state index contributed by atoms with van der Waals surface area (Å²) < 4.78 is 0. The molecule has 0 radical (unpaired) electrons. The largest absolute Gasteiger partial charge is 0.275 e. The number of aliphatic imine (C=N–C) groups is 1. The number of nitrogens with zero attached hydrogens (tertiary/aromatic N) is 1. The van der Waals surface area contributed by atoms with Crippen molar-refractivity contribution in [1.82, 2.24) is 0 Å². The van der Waals surface area contributed by atoms with Crippen LogP contribution in [0.5, 0.6) is 0 Å². The molecule has 1 aliphatic rings. The Labute approximate surface area is 66.6 Å². The number of hydrogen-bond donors (Lipinski definition) is 0. The molecule has 0 aromatic heterocycles. The Kier molecular flexibility index (Phi) is 2.55. The van der Waals surface area contributed by atoms with Crippen LogP contribution in [0.4, 0.5) is 0 Å². The molecule has 0 aliphatic carbocycles. The minimum Gasteiger partial charge on any atom is -0.275 e. The van der Waals surface area contributed by atoms with Gasteiger partial charge in [-0.25, -0.2) is 0 Å². The highest BCUT2D eigenvalue weighted by atomic mass is 32.2. The Balaban J connectivity index is 2.61. The molecule has 0 aromatic carbocycles. The Hall–Kier alpha value is -0.240. The molecule has 1 nitrogen and oxygen atoms in total. The van der Waals surface area contributed by atoms with Gasteiger partial charge in [-0.2, -0.15) is 0 Å². The van der Waals surface area contributed by atoms with Gasteiger partial charge in [-0.1, -0.05) is 31.7 Å². The van der Waals surface area contributed by atoms with Crippen LogP contribution in [0, 0.1) is 5.92 Å². The molecular formula is C8H13NS. The molecule has 0 bridgehead atoms. The fraction of sp³-hybridized carbons (Fsp3) is 0.625. The molecule has 56 valence electrons. The van der Waals surface area contributed by atoms with Crippen molar-refractivity contribution in [3.05, 3.63) is 11.5 Å². The minimum absolute atomic E-state index is 0.418. The summed E-state index contributed by atoms with van der Waals surface area (Å²) in [4.78, 5) is 4.47. The zero-order valence-electron chi connectivity index (χ0n) is 6.66. The van der Waals surface area contributed by atoms with Gasteiger partial charge < -0.3 is 0 Å². The maximum Gasteiger partial charge on any atom is 0.0720 e. The summed E-state index contributed by atoms with van der Waals surface area (Å²) in [7, 11) is 0. The summed E-state index contributed by atoms with van der Waals surface area (Å²) in [6.45, 7) is 6.45. The molecule has 0 fully saturated rings. The smallest absolute Gasteiger partial charge is 0.0720 e. The van der Waals surface area contributed by atoms with E-state index in [9.17, 15) is 0 Å². The second-order valence-electron chi connectivity index (χ2n) is 2.83. The van der Waals surface area contributed by atoms with E-state index in [1.807, 2.05) is 0 Å². The summed E-state index contributed by atoms with van der Waals surface area (Å²) in [6.07, 6.45) is 2.17. The van der Waals surface area contributed by atoms with Crippen molar-refractivity contribution in [2.24, 2.45) is 10.9 Å². The van der Waals surface area contributed by atoms with Gasteiger partial charge in [-0.3, -0.25) is 4.99 Å². The first-order chi connectivity index (χ1) is 4.70. The summed E-state index contributed by atoms with van der Waals surface area (Å²) in [6, 6.07) is 0.418. The van der Waals surface area contributed by atoms with Gasteiger partial charge in [0.25, 0.3) is 0 Å². The van der Waals surface area contributed by atoms with Crippen LogP contribution in [-0.2, 0) is 0 Å². The van der Waals surface area contributed by atoms with E-state index in [4.69, 9.17) is 0 Å². The molecule has 1 unspecified atom stereocenters. The molecule has 0 aromatic rings. The lowest BCUT2D eigenvalue weighted by Crippen LogP contribution is -2.12. The van der Waals surface area contributed by atoms with E-state index in [1.165, 1.54) is 5.04 Å². The van der Waals surface area contributed by atoms with Crippen LogP contribution >= 0.6 is 11.8 Å². The van der Waals surface area contributed by atoms with Gasteiger partial charge in [-0.15, -0.1) is 0 Å². The summed E-state index contributed by atoms with van der Waals surface area (Å²) in [5.41, 5.74) is 0. The van der Waals surface area contributed by atoms with Gasteiger partial charge in [0.05, 0.1) is 11.1 Å².